The van der Waals surface area contributed by atoms with Gasteiger partial charge in [0, 0.05) is 6.54 Å². The molecule has 0 rings (SSSR count). The summed E-state index contributed by atoms with van der Waals surface area (Å²) in [4.78, 5) is 20.8. The number of carbonyl (C=O) groups is 2. The second-order valence-corrected chi connectivity index (χ2v) is 2.77. The number of allylic oxidation sites excluding steroid dienone is 1. The molecule has 0 aliphatic carbocycles. The molecule has 0 aromatic carbocycles. The largest absolute Gasteiger partial charge is 0.481 e. The Morgan fingerprint density at radius 3 is 2.33 bits per heavy atom. The van der Waals surface area contributed by atoms with Gasteiger partial charge >= 0.3 is 18.1 Å². The van der Waals surface area contributed by atoms with Crippen LogP contribution in [0.15, 0.2) is 12.7 Å². The van der Waals surface area contributed by atoms with Crippen LogP contribution < -0.4 is 5.32 Å². The average Bonchev–Trinajstić information content (AvgIpc) is 2.09. The van der Waals surface area contributed by atoms with Crippen molar-refractivity contribution in [2.75, 3.05) is 6.54 Å². The molecular weight excluding hydrogens is 215 g/mol. The molecule has 86 valence electrons. The zero-order chi connectivity index (χ0) is 12.1. The molecule has 0 heterocycles. The SMILES string of the molecule is C=CCC(CNC(=O)C(F)(F)F)C(=O)O. The first kappa shape index (κ1) is 13.5. The van der Waals surface area contributed by atoms with Crippen molar-refractivity contribution in [3.63, 3.8) is 0 Å². The number of halogens is 3. The van der Waals surface area contributed by atoms with Gasteiger partial charge in [0.05, 0.1) is 5.92 Å². The molecule has 2 N–H and O–H groups in total. The molecule has 0 aliphatic heterocycles. The monoisotopic (exact) mass is 225 g/mol. The van der Waals surface area contributed by atoms with Crippen molar-refractivity contribution in [2.45, 2.75) is 12.6 Å². The van der Waals surface area contributed by atoms with Gasteiger partial charge < -0.3 is 10.4 Å². The molecule has 0 radical (unpaired) electrons. The maximum Gasteiger partial charge on any atom is 0.471 e. The molecular formula is C8H10F3NO3. The van der Waals surface area contributed by atoms with Gasteiger partial charge in [-0.2, -0.15) is 13.2 Å². The third-order valence-electron chi connectivity index (χ3n) is 1.57. The van der Waals surface area contributed by atoms with Crippen LogP contribution in [0.1, 0.15) is 6.42 Å². The summed E-state index contributed by atoms with van der Waals surface area (Å²) in [6.45, 7) is 2.69. The number of carbonyl (C=O) groups excluding carboxylic acids is 1. The van der Waals surface area contributed by atoms with Crippen LogP contribution in [0.25, 0.3) is 0 Å². The third-order valence-corrected chi connectivity index (χ3v) is 1.57. The first-order valence-corrected chi connectivity index (χ1v) is 3.97. The smallest absolute Gasteiger partial charge is 0.471 e. The highest BCUT2D eigenvalue weighted by Gasteiger charge is 2.38. The maximum atomic E-state index is 11.7. The van der Waals surface area contributed by atoms with Crippen LogP contribution in [-0.4, -0.2) is 29.7 Å². The number of carboxylic acid groups (broad SMARTS) is 1. The topological polar surface area (TPSA) is 66.4 Å². The quantitative estimate of drug-likeness (QED) is 0.684. The van der Waals surface area contributed by atoms with Crippen LogP contribution in [0.5, 0.6) is 0 Å². The Morgan fingerprint density at radius 2 is 2.00 bits per heavy atom. The minimum Gasteiger partial charge on any atom is -0.481 e. The van der Waals surface area contributed by atoms with Gasteiger partial charge in [0.2, 0.25) is 0 Å². The van der Waals surface area contributed by atoms with E-state index >= 15 is 0 Å². The Balaban J connectivity index is 4.17. The number of alkyl halides is 3. The minimum atomic E-state index is -4.99. The van der Waals surface area contributed by atoms with E-state index in [2.05, 4.69) is 6.58 Å². The van der Waals surface area contributed by atoms with Crippen molar-refractivity contribution in [1.82, 2.24) is 5.32 Å². The first-order valence-electron chi connectivity index (χ1n) is 3.97. The highest BCUT2D eigenvalue weighted by molar-refractivity contribution is 5.82. The van der Waals surface area contributed by atoms with E-state index < -0.39 is 30.5 Å². The molecule has 4 nitrogen and oxygen atoms in total. The molecule has 0 aliphatic rings. The lowest BCUT2D eigenvalue weighted by Gasteiger charge is -2.12. The van der Waals surface area contributed by atoms with Gasteiger partial charge in [-0.05, 0) is 6.42 Å². The molecule has 1 atom stereocenters. The van der Waals surface area contributed by atoms with Gasteiger partial charge in [-0.1, -0.05) is 6.08 Å². The molecule has 0 aromatic heterocycles. The van der Waals surface area contributed by atoms with Gasteiger partial charge in [-0.3, -0.25) is 9.59 Å². The Kier molecular flexibility index (Phi) is 4.83. The van der Waals surface area contributed by atoms with Gasteiger partial charge in [0.25, 0.3) is 0 Å². The zero-order valence-corrected chi connectivity index (χ0v) is 7.67. The van der Waals surface area contributed by atoms with Crippen molar-refractivity contribution >= 4 is 11.9 Å². The van der Waals surface area contributed by atoms with Crippen LogP contribution in [-0.2, 0) is 9.59 Å². The summed E-state index contributed by atoms with van der Waals surface area (Å²) in [7, 11) is 0. The first-order chi connectivity index (χ1) is 6.79. The normalized spacial score (nSPS) is 13.0. The van der Waals surface area contributed by atoms with Gasteiger partial charge in [0.15, 0.2) is 0 Å². The molecule has 7 heteroatoms. The summed E-state index contributed by atoms with van der Waals surface area (Å²) in [6.07, 6.45) is -3.73. The van der Waals surface area contributed by atoms with Crippen molar-refractivity contribution < 1.29 is 27.9 Å². The van der Waals surface area contributed by atoms with Crippen LogP contribution in [0.3, 0.4) is 0 Å². The van der Waals surface area contributed by atoms with Crippen molar-refractivity contribution in [1.29, 1.82) is 0 Å². The van der Waals surface area contributed by atoms with Gasteiger partial charge in [-0.15, -0.1) is 6.58 Å². The summed E-state index contributed by atoms with van der Waals surface area (Å²) in [5.74, 6) is -4.51. The molecule has 15 heavy (non-hydrogen) atoms. The second kappa shape index (κ2) is 5.38. The number of rotatable bonds is 5. The zero-order valence-electron chi connectivity index (χ0n) is 7.67. The lowest BCUT2D eigenvalue weighted by Crippen LogP contribution is -2.40. The van der Waals surface area contributed by atoms with Crippen LogP contribution in [0.2, 0.25) is 0 Å². The molecule has 1 amide bonds. The van der Waals surface area contributed by atoms with E-state index in [1.54, 1.807) is 0 Å². The highest BCUT2D eigenvalue weighted by atomic mass is 19.4. The minimum absolute atomic E-state index is 0.00648. The molecule has 0 bridgehead atoms. The Hall–Kier alpha value is -1.53. The van der Waals surface area contributed by atoms with E-state index in [9.17, 15) is 22.8 Å². The summed E-state index contributed by atoms with van der Waals surface area (Å²) in [5, 5.41) is 10.0. The lowest BCUT2D eigenvalue weighted by molar-refractivity contribution is -0.173. The number of amides is 1. The fourth-order valence-electron chi connectivity index (χ4n) is 0.789. The molecule has 0 spiro atoms. The predicted octanol–water partition coefficient (Wildman–Crippen LogP) is 0.942. The predicted molar refractivity (Wildman–Crippen MR) is 45.0 cm³/mol. The van der Waals surface area contributed by atoms with E-state index in [4.69, 9.17) is 5.11 Å². The Labute approximate surface area is 83.8 Å². The fourth-order valence-corrected chi connectivity index (χ4v) is 0.789. The van der Waals surface area contributed by atoms with E-state index in [-0.39, 0.29) is 6.42 Å². The number of carboxylic acids is 1. The van der Waals surface area contributed by atoms with Crippen molar-refractivity contribution in [3.8, 4) is 0 Å². The standard InChI is InChI=1S/C8H10F3NO3/c1-2-3-5(6(13)14)4-12-7(15)8(9,10)11/h2,5H,1,3-4H2,(H,12,15)(H,13,14). The molecule has 0 saturated heterocycles. The van der Waals surface area contributed by atoms with Crippen molar-refractivity contribution in [3.05, 3.63) is 12.7 Å². The summed E-state index contributed by atoms with van der Waals surface area (Å²) in [6, 6.07) is 0. The van der Waals surface area contributed by atoms with Crippen LogP contribution in [0, 0.1) is 5.92 Å². The summed E-state index contributed by atoms with van der Waals surface area (Å²) in [5.41, 5.74) is 0. The van der Waals surface area contributed by atoms with Crippen LogP contribution >= 0.6 is 0 Å². The second-order valence-electron chi connectivity index (χ2n) is 2.77. The number of nitrogens with one attached hydrogen (secondary N) is 1. The van der Waals surface area contributed by atoms with E-state index in [0.717, 1.165) is 0 Å². The molecule has 0 saturated carbocycles. The van der Waals surface area contributed by atoms with Gasteiger partial charge in [0.1, 0.15) is 0 Å². The third kappa shape index (κ3) is 5.04. The highest BCUT2D eigenvalue weighted by Crippen LogP contribution is 2.14. The number of hydrogen-bond acceptors (Lipinski definition) is 2. The molecule has 0 aromatic rings. The number of hydrogen-bond donors (Lipinski definition) is 2. The van der Waals surface area contributed by atoms with E-state index in [0.29, 0.717) is 0 Å². The van der Waals surface area contributed by atoms with Crippen LogP contribution in [0.4, 0.5) is 13.2 Å². The Morgan fingerprint density at radius 1 is 1.47 bits per heavy atom. The molecule has 0 fully saturated rings. The van der Waals surface area contributed by atoms with Crippen molar-refractivity contribution in [2.24, 2.45) is 5.92 Å². The lowest BCUT2D eigenvalue weighted by atomic mass is 10.1. The summed E-state index contributed by atoms with van der Waals surface area (Å²) < 4.78 is 35.1. The van der Waals surface area contributed by atoms with E-state index in [1.165, 1.54) is 11.4 Å². The molecule has 1 unspecified atom stereocenters. The Bertz CT molecular complexity index is 262. The number of aliphatic carboxylic acids is 1. The fraction of sp³-hybridized carbons (Fsp3) is 0.500. The average molecular weight is 225 g/mol. The van der Waals surface area contributed by atoms with E-state index in [1.807, 2.05) is 0 Å². The summed E-state index contributed by atoms with van der Waals surface area (Å²) >= 11 is 0. The van der Waals surface area contributed by atoms with Gasteiger partial charge in [-0.25, -0.2) is 0 Å². The maximum absolute atomic E-state index is 11.7.